The van der Waals surface area contributed by atoms with Gasteiger partial charge in [-0.2, -0.15) is 0 Å². The molecule has 0 aliphatic heterocycles. The van der Waals surface area contributed by atoms with Crippen molar-refractivity contribution in [2.45, 2.75) is 17.7 Å². The molecule has 0 saturated carbocycles. The summed E-state index contributed by atoms with van der Waals surface area (Å²) in [5, 5.41) is 2.37. The first-order valence-electron chi connectivity index (χ1n) is 5.23. The summed E-state index contributed by atoms with van der Waals surface area (Å²) < 4.78 is 4.79. The van der Waals surface area contributed by atoms with Gasteiger partial charge in [-0.3, -0.25) is 0 Å². The zero-order valence-corrected chi connectivity index (χ0v) is 10.3. The van der Waals surface area contributed by atoms with E-state index in [1.165, 1.54) is 12.3 Å². The van der Waals surface area contributed by atoms with Crippen molar-refractivity contribution in [3.63, 3.8) is 0 Å². The molecule has 0 radical (unpaired) electrons. The lowest BCUT2D eigenvalue weighted by Gasteiger charge is -2.08. The summed E-state index contributed by atoms with van der Waals surface area (Å²) in [6.45, 7) is 0. The predicted octanol–water partition coefficient (Wildman–Crippen LogP) is 1.55. The zero-order valence-electron chi connectivity index (χ0n) is 9.45. The molecule has 0 bridgehead atoms. The molecule has 0 unspecified atom stereocenters. The van der Waals surface area contributed by atoms with Crippen molar-refractivity contribution in [2.24, 2.45) is 0 Å². The van der Waals surface area contributed by atoms with Crippen LogP contribution in [0.1, 0.15) is 23.2 Å². The summed E-state index contributed by atoms with van der Waals surface area (Å²) in [5.41, 5.74) is 0.667. The number of esters is 1. The molecule has 16 heavy (non-hydrogen) atoms. The topological polar surface area (TPSA) is 26.3 Å². The number of hydrogen-bond acceptors (Lipinski definition) is 3. The van der Waals surface area contributed by atoms with E-state index < -0.39 is 0 Å². The lowest BCUT2D eigenvalue weighted by Crippen LogP contribution is -2.28. The number of carbonyl (C=O) groups is 1. The van der Waals surface area contributed by atoms with Crippen molar-refractivity contribution >= 4 is 29.9 Å². The van der Waals surface area contributed by atoms with E-state index in [1.54, 1.807) is 11.8 Å². The van der Waals surface area contributed by atoms with E-state index in [4.69, 9.17) is 4.74 Å². The lowest BCUT2D eigenvalue weighted by atomic mass is 10.1. The SMILES string of the molecule is COC(=O)c1cc2c(cc1SC)=CCCC=2. The quantitative estimate of drug-likeness (QED) is 0.573. The first kappa shape index (κ1) is 11.3. The Hall–Kier alpha value is -1.22. The molecule has 0 saturated heterocycles. The fourth-order valence-electron chi connectivity index (χ4n) is 1.88. The van der Waals surface area contributed by atoms with Gasteiger partial charge in [-0.1, -0.05) is 12.2 Å². The third kappa shape index (κ3) is 2.00. The number of methoxy groups -OCH3 is 1. The number of benzene rings is 1. The maximum absolute atomic E-state index is 11.6. The molecule has 1 aliphatic rings. The molecule has 0 atom stereocenters. The van der Waals surface area contributed by atoms with Crippen LogP contribution in [0.25, 0.3) is 12.2 Å². The van der Waals surface area contributed by atoms with Gasteiger partial charge >= 0.3 is 5.97 Å². The van der Waals surface area contributed by atoms with E-state index in [-0.39, 0.29) is 5.97 Å². The van der Waals surface area contributed by atoms with E-state index in [0.29, 0.717) is 5.56 Å². The normalized spacial score (nSPS) is 13.4. The Bertz CT molecular complexity index is 532. The van der Waals surface area contributed by atoms with Crippen molar-refractivity contribution in [2.75, 3.05) is 13.4 Å². The smallest absolute Gasteiger partial charge is 0.339 e. The van der Waals surface area contributed by atoms with Crippen LogP contribution >= 0.6 is 11.8 Å². The Balaban J connectivity index is 2.66. The van der Waals surface area contributed by atoms with Crippen LogP contribution in [0.15, 0.2) is 17.0 Å². The number of fused-ring (bicyclic) bond motifs is 1. The number of thioether (sulfide) groups is 1. The van der Waals surface area contributed by atoms with Crippen LogP contribution in [0.4, 0.5) is 0 Å². The number of ether oxygens (including phenoxy) is 1. The van der Waals surface area contributed by atoms with Crippen LogP contribution in [0, 0.1) is 0 Å². The van der Waals surface area contributed by atoms with Crippen LogP contribution < -0.4 is 10.4 Å². The average Bonchev–Trinajstić information content (AvgIpc) is 2.36. The van der Waals surface area contributed by atoms with E-state index >= 15 is 0 Å². The number of rotatable bonds is 2. The molecule has 0 spiro atoms. The lowest BCUT2D eigenvalue weighted by molar-refractivity contribution is 0.0596. The van der Waals surface area contributed by atoms with Gasteiger partial charge < -0.3 is 4.74 Å². The summed E-state index contributed by atoms with van der Waals surface area (Å²) in [6, 6.07) is 4.00. The van der Waals surface area contributed by atoms with Gasteiger partial charge in [-0.15, -0.1) is 11.8 Å². The maximum Gasteiger partial charge on any atom is 0.339 e. The highest BCUT2D eigenvalue weighted by Gasteiger charge is 2.11. The van der Waals surface area contributed by atoms with Crippen molar-refractivity contribution in [1.29, 1.82) is 0 Å². The van der Waals surface area contributed by atoms with Crippen molar-refractivity contribution in [3.05, 3.63) is 28.1 Å². The Morgan fingerprint density at radius 1 is 1.25 bits per heavy atom. The second-order valence-corrected chi connectivity index (χ2v) is 4.51. The molecule has 84 valence electrons. The molecular weight excluding hydrogens is 220 g/mol. The molecule has 1 aliphatic carbocycles. The highest BCUT2D eigenvalue weighted by atomic mass is 32.2. The summed E-state index contributed by atoms with van der Waals surface area (Å²) in [6.07, 6.45) is 8.49. The fourth-order valence-corrected chi connectivity index (χ4v) is 2.49. The van der Waals surface area contributed by atoms with E-state index in [9.17, 15) is 4.79 Å². The number of hydrogen-bond donors (Lipinski definition) is 0. The van der Waals surface area contributed by atoms with Crippen LogP contribution in [0.3, 0.4) is 0 Å². The van der Waals surface area contributed by atoms with Crippen LogP contribution in [0.5, 0.6) is 0 Å². The first-order valence-corrected chi connectivity index (χ1v) is 6.45. The second kappa shape index (κ2) is 4.74. The minimum Gasteiger partial charge on any atom is -0.465 e. The van der Waals surface area contributed by atoms with Gasteiger partial charge in [0, 0.05) is 4.90 Å². The molecule has 0 heterocycles. The Morgan fingerprint density at radius 3 is 2.44 bits per heavy atom. The summed E-state index contributed by atoms with van der Waals surface area (Å²) in [4.78, 5) is 12.6. The van der Waals surface area contributed by atoms with Crippen LogP contribution in [0.2, 0.25) is 0 Å². The Kier molecular flexibility index (Phi) is 3.34. The van der Waals surface area contributed by atoms with Crippen molar-refractivity contribution < 1.29 is 9.53 Å². The number of carbonyl (C=O) groups excluding carboxylic acids is 1. The first-order chi connectivity index (χ1) is 7.76. The van der Waals surface area contributed by atoms with Gasteiger partial charge in [0.25, 0.3) is 0 Å². The molecule has 1 aromatic rings. The monoisotopic (exact) mass is 234 g/mol. The van der Waals surface area contributed by atoms with Crippen LogP contribution in [-0.4, -0.2) is 19.3 Å². The van der Waals surface area contributed by atoms with Gasteiger partial charge in [-0.05, 0) is 41.7 Å². The molecule has 1 aromatic carbocycles. The van der Waals surface area contributed by atoms with E-state index in [0.717, 1.165) is 23.0 Å². The van der Waals surface area contributed by atoms with Gasteiger partial charge in [-0.25, -0.2) is 4.79 Å². The minimum atomic E-state index is -0.258. The molecule has 2 nitrogen and oxygen atoms in total. The Morgan fingerprint density at radius 2 is 1.88 bits per heavy atom. The highest BCUT2D eigenvalue weighted by molar-refractivity contribution is 7.98. The second-order valence-electron chi connectivity index (χ2n) is 3.66. The summed E-state index contributed by atoms with van der Waals surface area (Å²) in [7, 11) is 1.42. The standard InChI is InChI=1S/C13H14O2S/c1-15-13(14)11-7-9-5-3-4-6-10(9)8-12(11)16-2/h5-8H,3-4H2,1-2H3. The molecule has 0 aromatic heterocycles. The maximum atomic E-state index is 11.6. The molecule has 2 rings (SSSR count). The minimum absolute atomic E-state index is 0.258. The predicted molar refractivity (Wildman–Crippen MR) is 67.0 cm³/mol. The third-order valence-electron chi connectivity index (χ3n) is 2.71. The van der Waals surface area contributed by atoms with E-state index in [1.807, 2.05) is 12.3 Å². The molecule has 0 fully saturated rings. The zero-order chi connectivity index (χ0) is 11.5. The molecular formula is C13H14O2S. The molecule has 3 heteroatoms. The Labute approximate surface area is 99.0 Å². The van der Waals surface area contributed by atoms with Gasteiger partial charge in [0.2, 0.25) is 0 Å². The largest absolute Gasteiger partial charge is 0.465 e. The summed E-state index contributed by atoms with van der Waals surface area (Å²) in [5.74, 6) is -0.258. The fraction of sp³-hybridized carbons (Fsp3) is 0.308. The van der Waals surface area contributed by atoms with Gasteiger partial charge in [0.15, 0.2) is 0 Å². The average molecular weight is 234 g/mol. The van der Waals surface area contributed by atoms with Gasteiger partial charge in [0.05, 0.1) is 12.7 Å². The van der Waals surface area contributed by atoms with E-state index in [2.05, 4.69) is 18.2 Å². The third-order valence-corrected chi connectivity index (χ3v) is 3.48. The van der Waals surface area contributed by atoms with Gasteiger partial charge in [0.1, 0.15) is 0 Å². The molecule has 0 amide bonds. The van der Waals surface area contributed by atoms with Crippen molar-refractivity contribution in [1.82, 2.24) is 0 Å². The summed E-state index contributed by atoms with van der Waals surface area (Å²) >= 11 is 1.58. The van der Waals surface area contributed by atoms with Crippen molar-refractivity contribution in [3.8, 4) is 0 Å². The highest BCUT2D eigenvalue weighted by Crippen LogP contribution is 2.18. The van der Waals surface area contributed by atoms with Crippen LogP contribution in [-0.2, 0) is 4.74 Å². The molecule has 0 N–H and O–H groups in total.